The van der Waals surface area contributed by atoms with Crippen molar-refractivity contribution < 1.29 is 14.6 Å². The number of likely N-dealkylation sites (tertiary alicyclic amines) is 1. The van der Waals surface area contributed by atoms with Crippen molar-refractivity contribution in [3.8, 4) is 28.1 Å². The first-order valence-electron chi connectivity index (χ1n) is 12.7. The van der Waals surface area contributed by atoms with Gasteiger partial charge in [-0.1, -0.05) is 18.2 Å². The molecule has 0 bridgehead atoms. The molecule has 1 saturated heterocycles. The Morgan fingerprint density at radius 2 is 1.97 bits per heavy atom. The summed E-state index contributed by atoms with van der Waals surface area (Å²) in [5.41, 5.74) is 12.5. The van der Waals surface area contributed by atoms with E-state index in [4.69, 9.17) is 37.7 Å². The Kier molecular flexibility index (Phi) is 6.79. The van der Waals surface area contributed by atoms with Crippen molar-refractivity contribution in [1.29, 1.82) is 5.41 Å². The van der Waals surface area contributed by atoms with E-state index in [1.165, 1.54) is 12.3 Å². The zero-order chi connectivity index (χ0) is 27.2. The van der Waals surface area contributed by atoms with E-state index in [2.05, 4.69) is 11.3 Å². The number of carbonyl (C=O) groups excluding carboxylic acids is 1. The molecule has 0 unspecified atom stereocenters. The van der Waals surface area contributed by atoms with E-state index in [-0.39, 0.29) is 30.6 Å². The van der Waals surface area contributed by atoms with Crippen LogP contribution < -0.4 is 10.5 Å². The third-order valence-electron chi connectivity index (χ3n) is 7.77. The predicted molar refractivity (Wildman–Crippen MR) is 150 cm³/mol. The van der Waals surface area contributed by atoms with Gasteiger partial charge in [0.2, 0.25) is 5.91 Å². The number of nitrogens with one attached hydrogen (secondary N) is 1. The Morgan fingerprint density at radius 1 is 1.29 bits per heavy atom. The lowest BCUT2D eigenvalue weighted by molar-refractivity contribution is -0.149. The number of anilines is 1. The van der Waals surface area contributed by atoms with Gasteiger partial charge in [-0.05, 0) is 68.7 Å². The highest BCUT2D eigenvalue weighted by atomic mass is 35.5. The zero-order valence-electron chi connectivity index (χ0n) is 21.6. The lowest BCUT2D eigenvalue weighted by Crippen LogP contribution is -2.63. The van der Waals surface area contributed by atoms with Crippen LogP contribution in [-0.4, -0.2) is 58.2 Å². The minimum atomic E-state index is -0.0580. The Hall–Kier alpha value is -3.62. The maximum Gasteiger partial charge on any atom is 0.245 e. The summed E-state index contributed by atoms with van der Waals surface area (Å²) in [4.78, 5) is 13.8. The molecule has 2 aromatic carbocycles. The SMILES string of the molecule is C=CC(=O)N1CC2(CC(n3nc(-c4ccc(OCCO)cc4)c(-c4c(Cl)c(C)cc(N)c4C=N)c3C)C2)C1. The van der Waals surface area contributed by atoms with Gasteiger partial charge in [-0.25, -0.2) is 0 Å². The van der Waals surface area contributed by atoms with Crippen molar-refractivity contribution in [2.75, 3.05) is 32.0 Å². The number of nitrogen functional groups attached to an aromatic ring is 1. The van der Waals surface area contributed by atoms with E-state index in [9.17, 15) is 4.79 Å². The van der Waals surface area contributed by atoms with Crippen molar-refractivity contribution in [1.82, 2.24) is 14.7 Å². The molecule has 4 N–H and O–H groups in total. The Balaban J connectivity index is 1.57. The molecule has 1 aliphatic carbocycles. The molecule has 38 heavy (non-hydrogen) atoms. The number of ether oxygens (including phenoxy) is 1. The third-order valence-corrected chi connectivity index (χ3v) is 8.26. The molecule has 9 heteroatoms. The number of carbonyl (C=O) groups is 1. The number of amides is 1. The summed E-state index contributed by atoms with van der Waals surface area (Å²) in [6.07, 6.45) is 4.49. The molecule has 1 amide bonds. The van der Waals surface area contributed by atoms with Crippen LogP contribution >= 0.6 is 11.6 Å². The second kappa shape index (κ2) is 9.93. The summed E-state index contributed by atoms with van der Waals surface area (Å²) < 4.78 is 7.62. The molecule has 2 heterocycles. The first-order valence-corrected chi connectivity index (χ1v) is 13.0. The fourth-order valence-corrected chi connectivity index (χ4v) is 6.15. The summed E-state index contributed by atoms with van der Waals surface area (Å²) in [7, 11) is 0. The van der Waals surface area contributed by atoms with E-state index >= 15 is 0 Å². The summed E-state index contributed by atoms with van der Waals surface area (Å²) in [5, 5.41) is 22.8. The molecule has 5 rings (SSSR count). The van der Waals surface area contributed by atoms with Crippen LogP contribution in [-0.2, 0) is 4.79 Å². The molecule has 198 valence electrons. The third kappa shape index (κ3) is 4.27. The minimum Gasteiger partial charge on any atom is -0.491 e. The maximum absolute atomic E-state index is 11.9. The smallest absolute Gasteiger partial charge is 0.245 e. The minimum absolute atomic E-state index is 0.0174. The summed E-state index contributed by atoms with van der Waals surface area (Å²) in [5.74, 6) is 0.638. The Morgan fingerprint density at radius 3 is 2.58 bits per heavy atom. The Bertz CT molecular complexity index is 1420. The maximum atomic E-state index is 11.9. The van der Waals surface area contributed by atoms with Crippen molar-refractivity contribution >= 4 is 29.4 Å². The normalized spacial score (nSPS) is 16.2. The molecule has 1 aliphatic heterocycles. The molecule has 1 saturated carbocycles. The lowest BCUT2D eigenvalue weighted by Gasteiger charge is -2.58. The molecule has 8 nitrogen and oxygen atoms in total. The molecular weight excluding hydrogens is 502 g/mol. The Labute approximate surface area is 227 Å². The number of aliphatic hydroxyl groups is 1. The molecule has 1 aromatic heterocycles. The van der Waals surface area contributed by atoms with Crippen molar-refractivity contribution in [2.45, 2.75) is 32.7 Å². The van der Waals surface area contributed by atoms with Gasteiger partial charge < -0.3 is 25.9 Å². The second-order valence-corrected chi connectivity index (χ2v) is 10.7. The van der Waals surface area contributed by atoms with Gasteiger partial charge >= 0.3 is 0 Å². The number of halogens is 1. The summed E-state index contributed by atoms with van der Waals surface area (Å²) in [6.45, 7) is 9.20. The molecular formula is C29H32ClN5O3. The molecule has 1 spiro atoms. The van der Waals surface area contributed by atoms with Gasteiger partial charge in [0.1, 0.15) is 18.1 Å². The van der Waals surface area contributed by atoms with E-state index in [0.717, 1.165) is 54.0 Å². The number of aryl methyl sites for hydroxylation is 1. The van der Waals surface area contributed by atoms with Gasteiger partial charge in [-0.3, -0.25) is 9.48 Å². The van der Waals surface area contributed by atoms with Crippen LogP contribution in [0.3, 0.4) is 0 Å². The van der Waals surface area contributed by atoms with Crippen LogP contribution in [0.25, 0.3) is 22.4 Å². The summed E-state index contributed by atoms with van der Waals surface area (Å²) >= 11 is 6.89. The van der Waals surface area contributed by atoms with E-state index in [1.54, 1.807) is 6.07 Å². The predicted octanol–water partition coefficient (Wildman–Crippen LogP) is 4.79. The van der Waals surface area contributed by atoms with Crippen LogP contribution in [0.4, 0.5) is 5.69 Å². The van der Waals surface area contributed by atoms with Crippen molar-refractivity contribution in [2.24, 2.45) is 5.41 Å². The van der Waals surface area contributed by atoms with E-state index in [0.29, 0.717) is 27.6 Å². The summed E-state index contributed by atoms with van der Waals surface area (Å²) in [6, 6.07) is 9.57. The van der Waals surface area contributed by atoms with Gasteiger partial charge in [0.05, 0.1) is 17.7 Å². The average Bonchev–Trinajstić information content (AvgIpc) is 3.19. The number of aliphatic hydroxyl groups excluding tert-OH is 1. The van der Waals surface area contributed by atoms with Gasteiger partial charge in [0, 0.05) is 58.4 Å². The fraction of sp³-hybridized carbons (Fsp3) is 0.345. The van der Waals surface area contributed by atoms with Crippen molar-refractivity contribution in [3.63, 3.8) is 0 Å². The number of nitrogens with two attached hydrogens (primary N) is 1. The number of hydrogen-bond acceptors (Lipinski definition) is 6. The zero-order valence-corrected chi connectivity index (χ0v) is 22.4. The quantitative estimate of drug-likeness (QED) is 0.219. The number of rotatable bonds is 8. The molecule has 2 aliphatic rings. The van der Waals surface area contributed by atoms with Crippen LogP contribution in [0, 0.1) is 24.7 Å². The van der Waals surface area contributed by atoms with Crippen LogP contribution in [0.1, 0.15) is 35.7 Å². The second-order valence-electron chi connectivity index (χ2n) is 10.3. The lowest BCUT2D eigenvalue weighted by atomic mass is 9.60. The largest absolute Gasteiger partial charge is 0.491 e. The number of nitrogens with zero attached hydrogens (tertiary/aromatic N) is 3. The van der Waals surface area contributed by atoms with Crippen LogP contribution in [0.5, 0.6) is 5.75 Å². The van der Waals surface area contributed by atoms with Gasteiger partial charge in [0.15, 0.2) is 0 Å². The molecule has 3 aromatic rings. The number of hydrogen-bond donors (Lipinski definition) is 3. The first-order chi connectivity index (χ1) is 18.2. The topological polar surface area (TPSA) is 117 Å². The van der Waals surface area contributed by atoms with E-state index in [1.807, 2.05) is 43.0 Å². The van der Waals surface area contributed by atoms with Gasteiger partial charge in [0.25, 0.3) is 0 Å². The molecule has 0 radical (unpaired) electrons. The standard InChI is InChI=1S/C29H32ClN5O3/c1-4-24(37)34-15-29(16-34)12-20(13-29)35-18(3)25(26-22(14-31)23(32)11-17(2)27(26)30)28(33-35)19-5-7-21(8-6-19)38-10-9-36/h4-8,11,14,20,31,36H,1,9-10,12-13,15-16,32H2,2-3H3. The molecule has 0 atom stereocenters. The van der Waals surface area contributed by atoms with Crippen LogP contribution in [0.2, 0.25) is 5.02 Å². The monoisotopic (exact) mass is 533 g/mol. The highest BCUT2D eigenvalue weighted by molar-refractivity contribution is 6.35. The van der Waals surface area contributed by atoms with Gasteiger partial charge in [-0.2, -0.15) is 5.10 Å². The molecule has 2 fully saturated rings. The average molecular weight is 534 g/mol. The fourth-order valence-electron chi connectivity index (χ4n) is 5.90. The van der Waals surface area contributed by atoms with Gasteiger partial charge in [-0.15, -0.1) is 0 Å². The number of aromatic nitrogens is 2. The highest BCUT2D eigenvalue weighted by Gasteiger charge is 2.54. The first kappa shape index (κ1) is 26.0. The van der Waals surface area contributed by atoms with E-state index < -0.39 is 0 Å². The van der Waals surface area contributed by atoms with Crippen LogP contribution in [0.15, 0.2) is 43.0 Å². The number of benzene rings is 2. The van der Waals surface area contributed by atoms with Crippen molar-refractivity contribution in [3.05, 3.63) is 64.8 Å². The highest BCUT2D eigenvalue weighted by Crippen LogP contribution is 2.55.